The van der Waals surface area contributed by atoms with Crippen LogP contribution >= 0.6 is 11.6 Å². The van der Waals surface area contributed by atoms with E-state index >= 15 is 0 Å². The Hall–Kier alpha value is -4.01. The van der Waals surface area contributed by atoms with E-state index in [0.29, 0.717) is 41.8 Å². The van der Waals surface area contributed by atoms with Gasteiger partial charge >= 0.3 is 0 Å². The summed E-state index contributed by atoms with van der Waals surface area (Å²) < 4.78 is 4.20. The topological polar surface area (TPSA) is 125 Å². The van der Waals surface area contributed by atoms with Gasteiger partial charge in [-0.2, -0.15) is 15.6 Å². The molecule has 0 bridgehead atoms. The van der Waals surface area contributed by atoms with Crippen LogP contribution in [-0.2, 0) is 13.1 Å². The molecule has 0 aliphatic carbocycles. The van der Waals surface area contributed by atoms with Crippen molar-refractivity contribution in [2.24, 2.45) is 0 Å². The van der Waals surface area contributed by atoms with Crippen LogP contribution in [0.25, 0.3) is 0 Å². The normalized spacial score (nSPS) is 10.6. The van der Waals surface area contributed by atoms with Crippen LogP contribution in [0.15, 0.2) is 36.8 Å². The summed E-state index contributed by atoms with van der Waals surface area (Å²) in [5.41, 5.74) is 13.9. The molecule has 3 N–H and O–H groups in total. The number of aromatic nitrogens is 5. The third kappa shape index (κ3) is 8.02. The fraction of sp³-hybridized carbons (Fsp3) is 0.438. The number of nitrogens with one attached hydrogen (secondary N) is 1. The summed E-state index contributed by atoms with van der Waals surface area (Å²) in [4.78, 5) is 4.09. The van der Waals surface area contributed by atoms with Crippen LogP contribution in [0, 0.1) is 29.6 Å². The number of rotatable bonds is 7. The summed E-state index contributed by atoms with van der Waals surface area (Å²) in [7, 11) is 0. The standard InChI is InChI=1S/C15H19ClN4.C15H18N4.C2H6/c1-9(2)14-11(6-17)7-20(15(14)10(3)4)8-12-5-13(16)19-18-12;1-10(2)14-11(3)19(9-13(14)7-16)8-12-5-4-6-18-15(12)17;1-2/h5,7,9-10H,8H2,1-4H3,(H,18,19);4-6,9-10H,8H2,1-3H3,(H2,17,18);1-2H3. The maximum absolute atomic E-state index is 9.35. The zero-order valence-electron chi connectivity index (χ0n) is 25.7. The molecule has 0 unspecified atom stereocenters. The van der Waals surface area contributed by atoms with Gasteiger partial charge in [0.2, 0.25) is 0 Å². The van der Waals surface area contributed by atoms with E-state index in [1.165, 1.54) is 5.69 Å². The van der Waals surface area contributed by atoms with Crippen LogP contribution in [0.3, 0.4) is 0 Å². The number of nitriles is 2. The van der Waals surface area contributed by atoms with E-state index in [2.05, 4.69) is 78.0 Å². The van der Waals surface area contributed by atoms with Gasteiger partial charge in [-0.25, -0.2) is 4.98 Å². The van der Waals surface area contributed by atoms with E-state index in [9.17, 15) is 10.5 Å². The Balaban J connectivity index is 0.000000271. The fourth-order valence-corrected chi connectivity index (χ4v) is 5.25. The molecule has 4 heterocycles. The lowest BCUT2D eigenvalue weighted by Gasteiger charge is -2.16. The quantitative estimate of drug-likeness (QED) is 0.232. The van der Waals surface area contributed by atoms with Crippen LogP contribution in [-0.4, -0.2) is 24.3 Å². The Kier molecular flexibility index (Phi) is 12.2. The Morgan fingerprint density at radius 2 is 1.51 bits per heavy atom. The number of pyridine rings is 1. The molecule has 0 aliphatic heterocycles. The van der Waals surface area contributed by atoms with Crippen LogP contribution < -0.4 is 5.73 Å². The second kappa shape index (κ2) is 15.1. The number of anilines is 1. The monoisotopic (exact) mass is 574 g/mol. The van der Waals surface area contributed by atoms with Crippen LogP contribution in [0.4, 0.5) is 5.82 Å². The van der Waals surface area contributed by atoms with Crippen molar-refractivity contribution < 1.29 is 0 Å². The zero-order chi connectivity index (χ0) is 30.9. The van der Waals surface area contributed by atoms with Gasteiger partial charge in [0.1, 0.15) is 18.0 Å². The lowest BCUT2D eigenvalue weighted by molar-refractivity contribution is 0.663. The minimum absolute atomic E-state index is 0.327. The SMILES string of the molecule is CC.CC(C)c1c(C#N)cn(Cc2cc(Cl)n[nH]2)c1C(C)C.Cc1c(C(C)C)c(C#N)cn1Cc1cccnc1N. The number of hydrogen-bond donors (Lipinski definition) is 2. The number of nitrogens with zero attached hydrogens (tertiary/aromatic N) is 6. The van der Waals surface area contributed by atoms with Crippen molar-refractivity contribution in [3.63, 3.8) is 0 Å². The number of nitrogen functional groups attached to an aromatic ring is 1. The molecule has 0 fully saturated rings. The molecule has 0 spiro atoms. The molecule has 4 rings (SSSR count). The summed E-state index contributed by atoms with van der Waals surface area (Å²) in [6.07, 6.45) is 5.51. The summed E-state index contributed by atoms with van der Waals surface area (Å²) in [5.74, 6) is 1.56. The Morgan fingerprint density at radius 3 is 1.98 bits per heavy atom. The molecule has 0 radical (unpaired) electrons. The maximum atomic E-state index is 9.35. The highest BCUT2D eigenvalue weighted by atomic mass is 35.5. The van der Waals surface area contributed by atoms with Gasteiger partial charge in [-0.1, -0.05) is 73.1 Å². The van der Waals surface area contributed by atoms with E-state index in [-0.39, 0.29) is 0 Å². The predicted molar refractivity (Wildman–Crippen MR) is 167 cm³/mol. The van der Waals surface area contributed by atoms with Crippen molar-refractivity contribution in [1.29, 1.82) is 10.5 Å². The van der Waals surface area contributed by atoms with Gasteiger partial charge in [0.05, 0.1) is 29.9 Å². The molecular formula is C32H43ClN8. The van der Waals surface area contributed by atoms with Crippen molar-refractivity contribution in [2.45, 2.75) is 93.2 Å². The molecular weight excluding hydrogens is 532 g/mol. The first kappa shape index (κ1) is 33.2. The van der Waals surface area contributed by atoms with Crippen molar-refractivity contribution in [3.05, 3.63) is 86.8 Å². The van der Waals surface area contributed by atoms with Crippen LogP contribution in [0.1, 0.15) is 118 Å². The van der Waals surface area contributed by atoms with Gasteiger partial charge < -0.3 is 14.9 Å². The molecule has 0 aromatic carbocycles. The smallest absolute Gasteiger partial charge is 0.151 e. The molecule has 4 aromatic rings. The first-order valence-corrected chi connectivity index (χ1v) is 14.5. The summed E-state index contributed by atoms with van der Waals surface area (Å²) in [5, 5.41) is 25.9. The molecule has 0 atom stereocenters. The van der Waals surface area contributed by atoms with E-state index in [0.717, 1.165) is 39.2 Å². The largest absolute Gasteiger partial charge is 0.383 e. The molecule has 0 saturated carbocycles. The number of nitrogens with two attached hydrogens (primary N) is 1. The molecule has 0 saturated heterocycles. The molecule has 8 nitrogen and oxygen atoms in total. The first-order chi connectivity index (χ1) is 19.5. The van der Waals surface area contributed by atoms with Gasteiger partial charge in [0, 0.05) is 35.5 Å². The lowest BCUT2D eigenvalue weighted by Crippen LogP contribution is -2.07. The first-order valence-electron chi connectivity index (χ1n) is 14.1. The van der Waals surface area contributed by atoms with Crippen molar-refractivity contribution in [2.75, 3.05) is 5.73 Å². The van der Waals surface area contributed by atoms with Gasteiger partial charge in [-0.05, 0) is 47.9 Å². The average Bonchev–Trinajstić information content (AvgIpc) is 3.61. The second-order valence-corrected chi connectivity index (χ2v) is 11.0. The van der Waals surface area contributed by atoms with Crippen LogP contribution in [0.2, 0.25) is 5.15 Å². The van der Waals surface area contributed by atoms with Gasteiger partial charge in [-0.3, -0.25) is 5.10 Å². The minimum atomic E-state index is 0.327. The number of H-pyrrole nitrogens is 1. The Morgan fingerprint density at radius 1 is 0.927 bits per heavy atom. The summed E-state index contributed by atoms with van der Waals surface area (Å²) in [6, 6.07) is 10.2. The molecule has 0 aliphatic rings. The third-order valence-corrected chi connectivity index (χ3v) is 6.90. The van der Waals surface area contributed by atoms with Gasteiger partial charge in [0.15, 0.2) is 5.15 Å². The van der Waals surface area contributed by atoms with E-state index in [1.54, 1.807) is 6.20 Å². The molecule has 0 amide bonds. The highest BCUT2D eigenvalue weighted by Crippen LogP contribution is 2.31. The molecule has 41 heavy (non-hydrogen) atoms. The van der Waals surface area contributed by atoms with Crippen molar-refractivity contribution in [3.8, 4) is 12.1 Å². The fourth-order valence-electron chi connectivity index (χ4n) is 5.08. The lowest BCUT2D eigenvalue weighted by atomic mass is 9.94. The predicted octanol–water partition coefficient (Wildman–Crippen LogP) is 7.87. The van der Waals surface area contributed by atoms with Gasteiger partial charge in [-0.15, -0.1) is 0 Å². The summed E-state index contributed by atoms with van der Waals surface area (Å²) in [6.45, 7) is 20.1. The zero-order valence-corrected chi connectivity index (χ0v) is 26.5. The number of aromatic amines is 1. The molecule has 4 aromatic heterocycles. The third-order valence-electron chi connectivity index (χ3n) is 6.71. The second-order valence-electron chi connectivity index (χ2n) is 10.6. The van der Waals surface area contributed by atoms with Crippen molar-refractivity contribution >= 4 is 17.4 Å². The maximum Gasteiger partial charge on any atom is 0.151 e. The van der Waals surface area contributed by atoms with E-state index < -0.39 is 0 Å². The number of hydrogen-bond acceptors (Lipinski definition) is 5. The van der Waals surface area contributed by atoms with Gasteiger partial charge in [0.25, 0.3) is 0 Å². The van der Waals surface area contributed by atoms with Crippen LogP contribution in [0.5, 0.6) is 0 Å². The summed E-state index contributed by atoms with van der Waals surface area (Å²) >= 11 is 5.84. The van der Waals surface area contributed by atoms with E-state index in [4.69, 9.17) is 17.3 Å². The highest BCUT2D eigenvalue weighted by molar-refractivity contribution is 6.29. The Bertz CT molecular complexity index is 1510. The molecule has 9 heteroatoms. The van der Waals surface area contributed by atoms with Crippen molar-refractivity contribution in [1.82, 2.24) is 24.3 Å². The number of halogens is 1. The Labute approximate surface area is 249 Å². The van der Waals surface area contributed by atoms with E-state index in [1.807, 2.05) is 51.4 Å². The molecule has 218 valence electrons. The minimum Gasteiger partial charge on any atom is -0.383 e. The average molecular weight is 575 g/mol. The highest BCUT2D eigenvalue weighted by Gasteiger charge is 2.21.